The number of carbonyl (C=O) groups excluding carboxylic acids is 2. The van der Waals surface area contributed by atoms with Crippen LogP contribution in [0.25, 0.3) is 10.8 Å². The number of aliphatic hydroxyl groups is 1. The van der Waals surface area contributed by atoms with Gasteiger partial charge in [-0.25, -0.2) is 4.79 Å². The molecular weight excluding hydrogens is 685 g/mol. The molecule has 5 rings (SSSR count). The average Bonchev–Trinajstić information content (AvgIpc) is 3.12. The number of likely N-dealkylation sites (N-methyl/N-ethyl adjacent to an activating group) is 1. The van der Waals surface area contributed by atoms with Gasteiger partial charge in [-0.05, 0) is 87.5 Å². The molecule has 0 aromatic heterocycles. The van der Waals surface area contributed by atoms with Crippen LogP contribution in [0.1, 0.15) is 61.5 Å². The Hall–Kier alpha value is -4.65. The second-order valence-electron chi connectivity index (χ2n) is 14.0. The second kappa shape index (κ2) is 17.9. The first-order valence-corrected chi connectivity index (χ1v) is 18.1. The van der Waals surface area contributed by atoms with Crippen LogP contribution in [0.2, 0.25) is 0 Å². The number of hydrogen-bond acceptors (Lipinski definition) is 6. The summed E-state index contributed by atoms with van der Waals surface area (Å²) in [5.41, 5.74) is 1.33. The van der Waals surface area contributed by atoms with Gasteiger partial charge in [-0.2, -0.15) is 13.2 Å². The summed E-state index contributed by atoms with van der Waals surface area (Å²) in [6.07, 6.45) is -2.60. The van der Waals surface area contributed by atoms with Gasteiger partial charge in [0.25, 0.3) is 5.91 Å². The lowest BCUT2D eigenvalue weighted by atomic mass is 10.0. The quantitative estimate of drug-likeness (QED) is 0.168. The summed E-state index contributed by atoms with van der Waals surface area (Å²) in [7, 11) is 1.89. The van der Waals surface area contributed by atoms with Crippen molar-refractivity contribution < 1.29 is 37.3 Å². The first-order chi connectivity index (χ1) is 25.3. The Morgan fingerprint density at radius 2 is 1.74 bits per heavy atom. The fraction of sp³-hybridized carbons (Fsp3) is 0.415. The van der Waals surface area contributed by atoms with E-state index in [1.165, 1.54) is 12.1 Å². The van der Waals surface area contributed by atoms with E-state index in [0.717, 1.165) is 47.7 Å². The molecule has 0 bridgehead atoms. The van der Waals surface area contributed by atoms with Crippen molar-refractivity contribution in [2.24, 2.45) is 5.92 Å². The van der Waals surface area contributed by atoms with Gasteiger partial charge in [0.15, 0.2) is 0 Å². The van der Waals surface area contributed by atoms with Crippen LogP contribution in [0.5, 0.6) is 5.75 Å². The van der Waals surface area contributed by atoms with E-state index >= 15 is 0 Å². The average molecular weight is 735 g/mol. The minimum Gasteiger partial charge on any atom is -0.490 e. The topological polar surface area (TPSA) is 103 Å². The fourth-order valence-electron chi connectivity index (χ4n) is 6.56. The van der Waals surface area contributed by atoms with Crippen LogP contribution in [0.3, 0.4) is 0 Å². The molecule has 284 valence electrons. The van der Waals surface area contributed by atoms with Crippen molar-refractivity contribution in [1.82, 2.24) is 9.80 Å². The molecular formula is C41H49F3N4O5. The molecule has 0 radical (unpaired) electrons. The van der Waals surface area contributed by atoms with Gasteiger partial charge < -0.3 is 30.1 Å². The normalized spacial score (nSPS) is 19.6. The summed E-state index contributed by atoms with van der Waals surface area (Å²) in [6.45, 7) is 7.03. The molecule has 4 aromatic carbocycles. The molecule has 1 aliphatic heterocycles. The van der Waals surface area contributed by atoms with Crippen molar-refractivity contribution in [2.45, 2.75) is 71.0 Å². The van der Waals surface area contributed by atoms with E-state index in [9.17, 15) is 27.9 Å². The van der Waals surface area contributed by atoms with E-state index in [2.05, 4.69) is 10.6 Å². The maximum absolute atomic E-state index is 14.5. The third-order valence-electron chi connectivity index (χ3n) is 9.57. The van der Waals surface area contributed by atoms with E-state index in [0.29, 0.717) is 36.8 Å². The highest BCUT2D eigenvalue weighted by atomic mass is 19.4. The number of rotatable bonds is 8. The molecule has 0 fully saturated rings. The van der Waals surface area contributed by atoms with E-state index in [-0.39, 0.29) is 42.7 Å². The number of aliphatic hydroxyl groups excluding tert-OH is 1. The lowest BCUT2D eigenvalue weighted by Gasteiger charge is -2.36. The molecule has 4 atom stereocenters. The van der Waals surface area contributed by atoms with Crippen LogP contribution in [0.4, 0.5) is 29.3 Å². The fourth-order valence-corrected chi connectivity index (χ4v) is 6.56. The zero-order valence-corrected chi connectivity index (χ0v) is 30.7. The van der Waals surface area contributed by atoms with Gasteiger partial charge in [0, 0.05) is 43.2 Å². The molecule has 1 heterocycles. The molecule has 12 heteroatoms. The van der Waals surface area contributed by atoms with E-state index in [1.807, 2.05) is 68.3 Å². The van der Waals surface area contributed by atoms with Crippen LogP contribution in [-0.4, -0.2) is 78.4 Å². The molecule has 3 N–H and O–H groups in total. The van der Waals surface area contributed by atoms with Crippen LogP contribution >= 0.6 is 0 Å². The maximum Gasteiger partial charge on any atom is 0.416 e. The lowest BCUT2D eigenvalue weighted by Crippen LogP contribution is -2.47. The number of anilines is 2. The third-order valence-corrected chi connectivity index (χ3v) is 9.57. The standard InChI is InChI=1S/C41H49F3N4O5/c1-27-23-48(28(2)26-49)39(50)35-22-33(45-40(51)46-36-14-9-12-31-11-5-6-13-34(31)36)19-20-37(35)53-29(3)10-7-8-21-52-38(27)25-47(4)24-30-15-17-32(18-16-30)41(42,43)44/h5-6,9,11-20,22,27-29,38,49H,7-8,10,21,23-26H2,1-4H3,(H2,45,46,51)/t27-,28-,29-,38-/m1/s1. The molecule has 0 saturated carbocycles. The third kappa shape index (κ3) is 10.7. The van der Waals surface area contributed by atoms with Gasteiger partial charge in [0.05, 0.1) is 41.7 Å². The number of fused-ring (bicyclic) bond motifs is 2. The van der Waals surface area contributed by atoms with Crippen LogP contribution in [0.15, 0.2) is 84.9 Å². The smallest absolute Gasteiger partial charge is 0.416 e. The Bertz CT molecular complexity index is 1830. The number of alkyl halides is 3. The van der Waals surface area contributed by atoms with Crippen molar-refractivity contribution in [3.63, 3.8) is 0 Å². The number of halogens is 3. The zero-order chi connectivity index (χ0) is 38.1. The minimum atomic E-state index is -4.40. The number of hydrogen-bond donors (Lipinski definition) is 3. The van der Waals surface area contributed by atoms with Crippen LogP contribution < -0.4 is 15.4 Å². The summed E-state index contributed by atoms with van der Waals surface area (Å²) in [5.74, 6) is -0.180. The molecule has 0 aliphatic carbocycles. The van der Waals surface area contributed by atoms with Crippen molar-refractivity contribution in [3.05, 3.63) is 102 Å². The Labute approximate surface area is 309 Å². The Morgan fingerprint density at radius 1 is 1.00 bits per heavy atom. The second-order valence-corrected chi connectivity index (χ2v) is 14.0. The molecule has 1 aliphatic rings. The molecule has 53 heavy (non-hydrogen) atoms. The van der Waals surface area contributed by atoms with Gasteiger partial charge in [-0.3, -0.25) is 9.69 Å². The predicted octanol–water partition coefficient (Wildman–Crippen LogP) is 8.43. The molecule has 4 aromatic rings. The monoisotopic (exact) mass is 734 g/mol. The number of urea groups is 1. The van der Waals surface area contributed by atoms with E-state index in [4.69, 9.17) is 9.47 Å². The number of carbonyl (C=O) groups is 2. The number of nitrogens with zero attached hydrogens (tertiary/aromatic N) is 2. The van der Waals surface area contributed by atoms with Gasteiger partial charge in [0.1, 0.15) is 5.75 Å². The summed E-state index contributed by atoms with van der Waals surface area (Å²) in [4.78, 5) is 31.3. The van der Waals surface area contributed by atoms with E-state index < -0.39 is 23.8 Å². The van der Waals surface area contributed by atoms with Crippen LogP contribution in [0, 0.1) is 5.92 Å². The summed E-state index contributed by atoms with van der Waals surface area (Å²) < 4.78 is 52.1. The number of ether oxygens (including phenoxy) is 2. The first-order valence-electron chi connectivity index (χ1n) is 18.1. The van der Waals surface area contributed by atoms with Crippen molar-refractivity contribution in [2.75, 3.05) is 44.0 Å². The highest BCUT2D eigenvalue weighted by molar-refractivity contribution is 6.07. The number of nitrogens with one attached hydrogen (secondary N) is 2. The van der Waals surface area contributed by atoms with Gasteiger partial charge in [-0.15, -0.1) is 0 Å². The molecule has 3 amide bonds. The maximum atomic E-state index is 14.5. The summed E-state index contributed by atoms with van der Waals surface area (Å²) in [6, 6.07) is 22.5. The summed E-state index contributed by atoms with van der Waals surface area (Å²) >= 11 is 0. The highest BCUT2D eigenvalue weighted by Crippen LogP contribution is 2.31. The van der Waals surface area contributed by atoms with E-state index in [1.54, 1.807) is 30.0 Å². The predicted molar refractivity (Wildman–Crippen MR) is 201 cm³/mol. The molecule has 0 spiro atoms. The number of amides is 3. The Balaban J connectivity index is 1.36. The van der Waals surface area contributed by atoms with Gasteiger partial charge >= 0.3 is 12.2 Å². The lowest BCUT2D eigenvalue weighted by molar-refractivity contribution is -0.137. The van der Waals surface area contributed by atoms with Crippen molar-refractivity contribution in [1.29, 1.82) is 0 Å². The highest BCUT2D eigenvalue weighted by Gasteiger charge is 2.32. The first kappa shape index (κ1) is 39.6. The molecule has 9 nitrogen and oxygen atoms in total. The molecule has 0 saturated heterocycles. The van der Waals surface area contributed by atoms with Gasteiger partial charge in [0.2, 0.25) is 0 Å². The summed E-state index contributed by atoms with van der Waals surface area (Å²) in [5, 5.41) is 17.9. The van der Waals surface area contributed by atoms with Gasteiger partial charge in [-0.1, -0.05) is 55.5 Å². The Morgan fingerprint density at radius 3 is 2.47 bits per heavy atom. The van der Waals surface area contributed by atoms with Crippen molar-refractivity contribution in [3.8, 4) is 5.75 Å². The van der Waals surface area contributed by atoms with Crippen molar-refractivity contribution >= 4 is 34.1 Å². The SMILES string of the molecule is C[C@@H]1CCCCO[C@H](CN(C)Cc2ccc(C(F)(F)F)cc2)[C@H](C)CN([C@H](C)CO)C(=O)c2cc(NC(=O)Nc3cccc4ccccc34)ccc2O1. The number of benzene rings is 4. The zero-order valence-electron chi connectivity index (χ0n) is 30.7. The van der Waals surface area contributed by atoms with Crippen LogP contribution in [-0.2, 0) is 17.5 Å². The Kier molecular flexibility index (Phi) is 13.4. The minimum absolute atomic E-state index is 0.193. The largest absolute Gasteiger partial charge is 0.490 e. The molecule has 0 unspecified atom stereocenters.